The Morgan fingerprint density at radius 2 is 1.36 bits per heavy atom. The molecule has 5 fully saturated rings. The highest BCUT2D eigenvalue weighted by molar-refractivity contribution is 5.98. The van der Waals surface area contributed by atoms with E-state index in [1.54, 1.807) is 36.6 Å². The Labute approximate surface area is 382 Å². The first-order valence-electron chi connectivity index (χ1n) is 23.5. The molecule has 1 unspecified atom stereocenters. The molecular weight excluding hydrogens is 870 g/mol. The Morgan fingerprint density at radius 1 is 0.742 bits per heavy atom. The number of ether oxygens (including phenoxy) is 3. The number of carbonyl (C=O) groups excluding carboxylic acids is 5. The van der Waals surface area contributed by atoms with E-state index in [0.717, 1.165) is 63.4 Å². The molecule has 2 saturated carbocycles. The largest absolute Gasteiger partial charge is 0.444 e. The highest BCUT2D eigenvalue weighted by atomic mass is 19.2. The molecule has 3 saturated heterocycles. The highest BCUT2D eigenvalue weighted by Crippen LogP contribution is 2.33. The number of esters is 1. The van der Waals surface area contributed by atoms with E-state index in [2.05, 4.69) is 10.1 Å². The minimum atomic E-state index is -2.34. The first-order chi connectivity index (χ1) is 31.4. The number of halogens is 5. The van der Waals surface area contributed by atoms with Gasteiger partial charge in [-0.25, -0.2) is 18.0 Å². The summed E-state index contributed by atoms with van der Waals surface area (Å²) in [5.74, 6) is -14.5. The molecule has 2 aliphatic carbocycles. The molecule has 18 heteroatoms. The fraction of sp³-hybridized carbons (Fsp3) is 0.646. The number of rotatable bonds is 13. The first-order valence-corrected chi connectivity index (χ1v) is 23.5. The van der Waals surface area contributed by atoms with Gasteiger partial charge in [-0.15, -0.1) is 0 Å². The quantitative estimate of drug-likeness (QED) is 0.0725. The Morgan fingerprint density at radius 3 is 1.98 bits per heavy atom. The smallest absolute Gasteiger partial charge is 0.411 e. The van der Waals surface area contributed by atoms with Crippen LogP contribution >= 0.6 is 0 Å². The first kappa shape index (κ1) is 49.1. The summed E-state index contributed by atoms with van der Waals surface area (Å²) in [6, 6.07) is 6.76. The van der Waals surface area contributed by atoms with E-state index < -0.39 is 65.1 Å². The summed E-state index contributed by atoms with van der Waals surface area (Å²) in [5.41, 5.74) is 0.720. The van der Waals surface area contributed by atoms with Gasteiger partial charge in [-0.3, -0.25) is 29.0 Å². The number of nitrogens with zero attached hydrogens (tertiary/aromatic N) is 4. The summed E-state index contributed by atoms with van der Waals surface area (Å²) in [4.78, 5) is 74.1. The van der Waals surface area contributed by atoms with Crippen LogP contribution in [0.25, 0.3) is 0 Å². The monoisotopic (exact) mass is 931 g/mol. The molecule has 2 atom stereocenters. The predicted molar refractivity (Wildman–Crippen MR) is 231 cm³/mol. The van der Waals surface area contributed by atoms with E-state index in [-0.39, 0.29) is 54.4 Å². The van der Waals surface area contributed by atoms with Gasteiger partial charge in [0.15, 0.2) is 0 Å². The molecular formula is C48H62F5N5O8. The molecule has 2 aromatic carbocycles. The molecule has 4 amide bonds. The summed E-state index contributed by atoms with van der Waals surface area (Å²) in [7, 11) is 0. The van der Waals surface area contributed by atoms with E-state index in [0.29, 0.717) is 70.5 Å². The van der Waals surface area contributed by atoms with E-state index in [1.165, 1.54) is 0 Å². The van der Waals surface area contributed by atoms with Crippen LogP contribution in [0.5, 0.6) is 5.75 Å². The summed E-state index contributed by atoms with van der Waals surface area (Å²) in [6.07, 6.45) is 9.52. The molecule has 0 radical (unpaired) electrons. The Balaban J connectivity index is 0.891. The minimum Gasteiger partial charge on any atom is -0.444 e. The van der Waals surface area contributed by atoms with Crippen LogP contribution < -0.4 is 10.1 Å². The molecule has 0 spiro atoms. The van der Waals surface area contributed by atoms with Crippen molar-refractivity contribution in [3.63, 3.8) is 0 Å². The van der Waals surface area contributed by atoms with Crippen molar-refractivity contribution in [2.75, 3.05) is 52.4 Å². The van der Waals surface area contributed by atoms with Crippen molar-refractivity contribution in [2.45, 2.75) is 140 Å². The third kappa shape index (κ3) is 12.4. The molecule has 5 aliphatic rings. The maximum absolute atomic E-state index is 14.3. The zero-order valence-electron chi connectivity index (χ0n) is 38.1. The van der Waals surface area contributed by atoms with Crippen molar-refractivity contribution in [1.29, 1.82) is 0 Å². The Bertz CT molecular complexity index is 2070. The maximum Gasteiger partial charge on any atom is 0.411 e. The fourth-order valence-electron chi connectivity index (χ4n) is 9.67. The standard InChI is InChI=1S/C48H62F5N5O8/c1-48(2,3)66-47(63)58(33-14-15-33)27-36(59)57-20-8-13-32(26-57)30-11-7-12-31(25-30)45(61)54-43(29-9-5-4-6-10-29)46(62)56-23-18-35(19-24-56)64-34-16-21-55(22-17-34)28-37(60)65-44-41(52)39(50)38(49)40(51)42(44)53/h7,11-12,25,29,32-35,43H,4-6,8-10,13-24,26-28H2,1-3H3,(H,54,61)/t32?,43-/m1/s1. The van der Waals surface area contributed by atoms with Gasteiger partial charge in [0, 0.05) is 56.8 Å². The van der Waals surface area contributed by atoms with Crippen LogP contribution in [0.3, 0.4) is 0 Å². The second kappa shape index (κ2) is 21.4. The number of likely N-dealkylation sites (tertiary alicyclic amines) is 3. The van der Waals surface area contributed by atoms with Gasteiger partial charge in [0.25, 0.3) is 5.91 Å². The van der Waals surface area contributed by atoms with Gasteiger partial charge < -0.3 is 29.3 Å². The summed E-state index contributed by atoms with van der Waals surface area (Å²) < 4.78 is 85.1. The van der Waals surface area contributed by atoms with Gasteiger partial charge >= 0.3 is 12.1 Å². The fourth-order valence-corrected chi connectivity index (χ4v) is 9.67. The van der Waals surface area contributed by atoms with Crippen LogP contribution in [0.2, 0.25) is 0 Å². The molecule has 13 nitrogen and oxygen atoms in total. The van der Waals surface area contributed by atoms with Crippen LogP contribution in [-0.4, -0.2) is 132 Å². The van der Waals surface area contributed by atoms with Crippen molar-refractivity contribution in [1.82, 2.24) is 24.9 Å². The van der Waals surface area contributed by atoms with E-state index in [4.69, 9.17) is 9.47 Å². The van der Waals surface area contributed by atoms with Gasteiger partial charge in [-0.2, -0.15) is 8.78 Å². The molecule has 362 valence electrons. The second-order valence-corrected chi connectivity index (χ2v) is 19.5. The van der Waals surface area contributed by atoms with Crippen molar-refractivity contribution < 1.29 is 60.1 Å². The lowest BCUT2D eigenvalue weighted by Gasteiger charge is -2.39. The molecule has 0 bridgehead atoms. The maximum atomic E-state index is 14.3. The van der Waals surface area contributed by atoms with Crippen LogP contribution in [-0.2, 0) is 23.9 Å². The molecule has 0 aromatic heterocycles. The van der Waals surface area contributed by atoms with Crippen molar-refractivity contribution in [2.24, 2.45) is 5.92 Å². The molecule has 7 rings (SSSR count). The lowest BCUT2D eigenvalue weighted by molar-refractivity contribution is -0.140. The lowest BCUT2D eigenvalue weighted by atomic mass is 9.83. The normalized spacial score (nSPS) is 21.0. The predicted octanol–water partition coefficient (Wildman–Crippen LogP) is 7.24. The van der Waals surface area contributed by atoms with Crippen LogP contribution in [0.1, 0.15) is 126 Å². The zero-order chi connectivity index (χ0) is 47.3. The number of hydrogen-bond donors (Lipinski definition) is 1. The molecule has 2 aromatic rings. The SMILES string of the molecule is CC(C)(C)OC(=O)N(CC(=O)N1CCCC(c2cccc(C(=O)N[C@@H](C(=O)N3CCC(OC4CCN(CC(=O)Oc5c(F)c(F)c(F)c(F)c5F)CC4)CC3)C3CCCCC3)c2)C1)C1CC1. The number of hydrogen-bond acceptors (Lipinski definition) is 9. The van der Waals surface area contributed by atoms with Crippen molar-refractivity contribution in [3.8, 4) is 5.75 Å². The molecule has 3 aliphatic heterocycles. The van der Waals surface area contributed by atoms with Gasteiger partial charge in [-0.05, 0) is 109 Å². The highest BCUT2D eigenvalue weighted by Gasteiger charge is 2.39. The zero-order valence-corrected chi connectivity index (χ0v) is 38.1. The van der Waals surface area contributed by atoms with Crippen molar-refractivity contribution >= 4 is 29.8 Å². The Hall–Kier alpha value is -4.84. The number of amides is 4. The minimum absolute atomic E-state index is 0.000285. The lowest BCUT2D eigenvalue weighted by Crippen LogP contribution is -2.55. The number of carbonyl (C=O) groups is 5. The van der Waals surface area contributed by atoms with Gasteiger partial charge in [0.1, 0.15) is 18.2 Å². The van der Waals surface area contributed by atoms with E-state index >= 15 is 0 Å². The van der Waals surface area contributed by atoms with Crippen LogP contribution in [0.15, 0.2) is 24.3 Å². The van der Waals surface area contributed by atoms with Gasteiger partial charge in [0.2, 0.25) is 46.6 Å². The van der Waals surface area contributed by atoms with Gasteiger partial charge in [-0.1, -0.05) is 31.4 Å². The van der Waals surface area contributed by atoms with E-state index in [1.807, 2.05) is 28.0 Å². The van der Waals surface area contributed by atoms with Gasteiger partial charge in [0.05, 0.1) is 18.8 Å². The molecule has 1 N–H and O–H groups in total. The Kier molecular flexibility index (Phi) is 15.9. The average Bonchev–Trinajstić information content (AvgIpc) is 4.16. The topological polar surface area (TPSA) is 138 Å². The third-order valence-electron chi connectivity index (χ3n) is 13.4. The number of piperidine rings is 3. The van der Waals surface area contributed by atoms with Crippen molar-refractivity contribution in [3.05, 3.63) is 64.5 Å². The number of nitrogens with one attached hydrogen (secondary N) is 1. The molecule has 3 heterocycles. The van der Waals surface area contributed by atoms with Crippen LogP contribution in [0, 0.1) is 35.0 Å². The van der Waals surface area contributed by atoms with Crippen LogP contribution in [0.4, 0.5) is 26.7 Å². The summed E-state index contributed by atoms with van der Waals surface area (Å²) in [6.45, 7) is 7.67. The van der Waals surface area contributed by atoms with E-state index in [9.17, 15) is 45.9 Å². The number of benzene rings is 2. The summed E-state index contributed by atoms with van der Waals surface area (Å²) >= 11 is 0. The molecule has 66 heavy (non-hydrogen) atoms. The third-order valence-corrected chi connectivity index (χ3v) is 13.4. The summed E-state index contributed by atoms with van der Waals surface area (Å²) in [5, 5.41) is 3.14. The average molecular weight is 932 g/mol. The second-order valence-electron chi connectivity index (χ2n) is 19.5.